The van der Waals surface area contributed by atoms with E-state index in [-0.39, 0.29) is 31.1 Å². The molecule has 0 amide bonds. The summed E-state index contributed by atoms with van der Waals surface area (Å²) in [5, 5.41) is 18.7. The van der Waals surface area contributed by atoms with Crippen LogP contribution in [0.4, 0.5) is 5.82 Å². The number of nitrogens with zero attached hydrogens (tertiary/aromatic N) is 4. The number of hydrogen-bond donors (Lipinski definition) is 3. The summed E-state index contributed by atoms with van der Waals surface area (Å²) < 4.78 is 1.93. The third kappa shape index (κ3) is 2.04. The molecule has 2 aromatic heterocycles. The second-order valence-electron chi connectivity index (χ2n) is 5.06. The summed E-state index contributed by atoms with van der Waals surface area (Å²) in [4.78, 5) is 12.4. The minimum atomic E-state index is 0.00531. The lowest BCUT2D eigenvalue weighted by Gasteiger charge is -2.30. The minimum Gasteiger partial charge on any atom is -0.396 e. The Kier molecular flexibility index (Phi) is 3.37. The van der Waals surface area contributed by atoms with E-state index in [0.29, 0.717) is 17.0 Å². The molecule has 0 radical (unpaired) electrons. The molecule has 7 heteroatoms. The zero-order chi connectivity index (χ0) is 14.1. The molecule has 4 N–H and O–H groups in total. The minimum absolute atomic E-state index is 0.00531. The van der Waals surface area contributed by atoms with Gasteiger partial charge in [0.25, 0.3) is 0 Å². The third-order valence-electron chi connectivity index (χ3n) is 3.92. The first-order valence-corrected chi connectivity index (χ1v) is 6.57. The van der Waals surface area contributed by atoms with Crippen LogP contribution in [0.2, 0.25) is 0 Å². The van der Waals surface area contributed by atoms with Crippen LogP contribution in [0.25, 0.3) is 11.2 Å². The van der Waals surface area contributed by atoms with Crippen LogP contribution >= 0.6 is 0 Å². The standard InChI is InChI=1S/C13H17N5O2/c14-12-11-13(16-6-15-12)18(7-17-11)10-2-1-8(4-19)9(3-10)5-20/h1-2,6-10,19-20H,3-5H2,(H2,14,15,16)/t8-,9+,10+/m1/s1. The summed E-state index contributed by atoms with van der Waals surface area (Å²) in [7, 11) is 0. The number of anilines is 1. The van der Waals surface area contributed by atoms with Crippen LogP contribution in [0.3, 0.4) is 0 Å². The molecule has 1 aliphatic carbocycles. The predicted molar refractivity (Wildman–Crippen MR) is 73.7 cm³/mol. The summed E-state index contributed by atoms with van der Waals surface area (Å²) in [6.07, 6.45) is 7.81. The van der Waals surface area contributed by atoms with E-state index in [1.165, 1.54) is 6.33 Å². The van der Waals surface area contributed by atoms with E-state index >= 15 is 0 Å². The molecule has 7 nitrogen and oxygen atoms in total. The monoisotopic (exact) mass is 275 g/mol. The number of aliphatic hydroxyl groups is 2. The van der Waals surface area contributed by atoms with Gasteiger partial charge in [-0.05, 0) is 12.3 Å². The molecule has 0 unspecified atom stereocenters. The molecule has 106 valence electrons. The van der Waals surface area contributed by atoms with E-state index < -0.39 is 0 Å². The summed E-state index contributed by atoms with van der Waals surface area (Å²) in [5.41, 5.74) is 7.05. The number of hydrogen-bond acceptors (Lipinski definition) is 6. The highest BCUT2D eigenvalue weighted by molar-refractivity contribution is 5.81. The van der Waals surface area contributed by atoms with E-state index in [9.17, 15) is 10.2 Å². The smallest absolute Gasteiger partial charge is 0.165 e. The van der Waals surface area contributed by atoms with Gasteiger partial charge in [0.05, 0.1) is 12.4 Å². The number of rotatable bonds is 3. The van der Waals surface area contributed by atoms with E-state index in [2.05, 4.69) is 15.0 Å². The Labute approximate surface area is 115 Å². The van der Waals surface area contributed by atoms with Crippen molar-refractivity contribution in [2.24, 2.45) is 11.8 Å². The fraction of sp³-hybridized carbons (Fsp3) is 0.462. The van der Waals surface area contributed by atoms with Gasteiger partial charge in [-0.1, -0.05) is 12.2 Å². The van der Waals surface area contributed by atoms with Crippen molar-refractivity contribution in [1.29, 1.82) is 0 Å². The van der Waals surface area contributed by atoms with Crippen molar-refractivity contribution in [1.82, 2.24) is 19.5 Å². The maximum absolute atomic E-state index is 9.45. The van der Waals surface area contributed by atoms with Crippen molar-refractivity contribution in [3.8, 4) is 0 Å². The number of aromatic nitrogens is 4. The number of nitrogen functional groups attached to an aromatic ring is 1. The maximum Gasteiger partial charge on any atom is 0.165 e. The van der Waals surface area contributed by atoms with Crippen molar-refractivity contribution in [3.63, 3.8) is 0 Å². The fourth-order valence-electron chi connectivity index (χ4n) is 2.73. The molecule has 0 fully saturated rings. The van der Waals surface area contributed by atoms with Crippen LogP contribution in [-0.2, 0) is 0 Å². The Morgan fingerprint density at radius 1 is 1.20 bits per heavy atom. The predicted octanol–water partition coefficient (Wildman–Crippen LogP) is 0.126. The van der Waals surface area contributed by atoms with Crippen LogP contribution in [0, 0.1) is 11.8 Å². The third-order valence-corrected chi connectivity index (χ3v) is 3.92. The largest absolute Gasteiger partial charge is 0.396 e. The van der Waals surface area contributed by atoms with Gasteiger partial charge < -0.3 is 20.5 Å². The molecule has 2 heterocycles. The average molecular weight is 275 g/mol. The van der Waals surface area contributed by atoms with Crippen molar-refractivity contribution in [2.45, 2.75) is 12.5 Å². The molecule has 0 aromatic carbocycles. The zero-order valence-electron chi connectivity index (χ0n) is 10.9. The second kappa shape index (κ2) is 5.18. The van der Waals surface area contributed by atoms with Crippen LogP contribution in [0.1, 0.15) is 12.5 Å². The molecule has 0 spiro atoms. The van der Waals surface area contributed by atoms with E-state index in [0.717, 1.165) is 6.42 Å². The van der Waals surface area contributed by atoms with Gasteiger partial charge in [0.2, 0.25) is 0 Å². The summed E-state index contributed by atoms with van der Waals surface area (Å²) in [5.74, 6) is 0.401. The van der Waals surface area contributed by atoms with Gasteiger partial charge in [0.15, 0.2) is 11.5 Å². The number of fused-ring (bicyclic) bond motifs is 1. The highest BCUT2D eigenvalue weighted by Crippen LogP contribution is 2.32. The number of aliphatic hydroxyl groups excluding tert-OH is 2. The summed E-state index contributed by atoms with van der Waals surface area (Å²) in [6, 6.07) is 0.0502. The zero-order valence-corrected chi connectivity index (χ0v) is 10.9. The first-order chi connectivity index (χ1) is 9.74. The lowest BCUT2D eigenvalue weighted by atomic mass is 9.82. The molecule has 3 atom stereocenters. The second-order valence-corrected chi connectivity index (χ2v) is 5.06. The van der Waals surface area contributed by atoms with Gasteiger partial charge in [-0.25, -0.2) is 15.0 Å². The Hall–Kier alpha value is -1.99. The van der Waals surface area contributed by atoms with Crippen LogP contribution in [0.5, 0.6) is 0 Å². The SMILES string of the molecule is Nc1ncnc2c1ncn2[C@H]1C=C[C@H](CO)[C@H](CO)C1. The highest BCUT2D eigenvalue weighted by Gasteiger charge is 2.27. The molecule has 0 aliphatic heterocycles. The Bertz CT molecular complexity index is 639. The first kappa shape index (κ1) is 13.0. The van der Waals surface area contributed by atoms with Crippen LogP contribution in [-0.4, -0.2) is 42.9 Å². The molecule has 2 aromatic rings. The summed E-state index contributed by atoms with van der Waals surface area (Å²) in [6.45, 7) is 0.101. The fourth-order valence-corrected chi connectivity index (χ4v) is 2.73. The molecule has 3 rings (SSSR count). The first-order valence-electron chi connectivity index (χ1n) is 6.57. The van der Waals surface area contributed by atoms with Gasteiger partial charge in [-0.3, -0.25) is 0 Å². The number of nitrogens with two attached hydrogens (primary N) is 1. The Morgan fingerprint density at radius 3 is 2.80 bits per heavy atom. The Morgan fingerprint density at radius 2 is 2.05 bits per heavy atom. The van der Waals surface area contributed by atoms with E-state index in [1.54, 1.807) is 6.33 Å². The quantitative estimate of drug-likeness (QED) is 0.687. The van der Waals surface area contributed by atoms with Gasteiger partial charge in [0.1, 0.15) is 11.8 Å². The van der Waals surface area contributed by atoms with Crippen LogP contribution in [0.15, 0.2) is 24.8 Å². The number of imidazole rings is 1. The van der Waals surface area contributed by atoms with Gasteiger partial charge >= 0.3 is 0 Å². The van der Waals surface area contributed by atoms with Gasteiger partial charge in [0, 0.05) is 19.1 Å². The number of allylic oxidation sites excluding steroid dienone is 1. The van der Waals surface area contributed by atoms with Gasteiger partial charge in [-0.2, -0.15) is 0 Å². The molecule has 0 saturated heterocycles. The molecule has 0 saturated carbocycles. The lowest BCUT2D eigenvalue weighted by Crippen LogP contribution is -2.27. The topological polar surface area (TPSA) is 110 Å². The normalized spacial score (nSPS) is 26.2. The highest BCUT2D eigenvalue weighted by atomic mass is 16.3. The van der Waals surface area contributed by atoms with E-state index in [4.69, 9.17) is 5.73 Å². The lowest BCUT2D eigenvalue weighted by molar-refractivity contribution is 0.124. The average Bonchev–Trinajstić information content (AvgIpc) is 2.92. The molecular formula is C13H17N5O2. The van der Waals surface area contributed by atoms with Crippen molar-refractivity contribution >= 4 is 17.0 Å². The van der Waals surface area contributed by atoms with Crippen LogP contribution < -0.4 is 5.73 Å². The molecule has 1 aliphatic rings. The van der Waals surface area contributed by atoms with Crippen molar-refractivity contribution in [2.75, 3.05) is 18.9 Å². The van der Waals surface area contributed by atoms with Crippen molar-refractivity contribution in [3.05, 3.63) is 24.8 Å². The molecule has 20 heavy (non-hydrogen) atoms. The van der Waals surface area contributed by atoms with Gasteiger partial charge in [-0.15, -0.1) is 0 Å². The van der Waals surface area contributed by atoms with E-state index in [1.807, 2.05) is 16.7 Å². The maximum atomic E-state index is 9.45. The molecular weight excluding hydrogens is 258 g/mol. The summed E-state index contributed by atoms with van der Waals surface area (Å²) >= 11 is 0. The molecule has 0 bridgehead atoms. The van der Waals surface area contributed by atoms with Crippen molar-refractivity contribution < 1.29 is 10.2 Å². The Balaban J connectivity index is 1.98.